The van der Waals surface area contributed by atoms with Crippen LogP contribution in [0.4, 0.5) is 0 Å². The monoisotopic (exact) mass is 261 g/mol. The first-order valence-electron chi connectivity index (χ1n) is 7.54. The lowest BCUT2D eigenvalue weighted by atomic mass is 9.96. The molecule has 104 valence electrons. The number of hydrogen-bond donors (Lipinski definition) is 1. The quantitative estimate of drug-likeness (QED) is 0.901. The zero-order valence-corrected chi connectivity index (χ0v) is 11.5. The smallest absolute Gasteiger partial charge is 0.231 e. The Morgan fingerprint density at radius 3 is 2.53 bits per heavy atom. The second-order valence-electron chi connectivity index (χ2n) is 5.61. The highest BCUT2D eigenvalue weighted by molar-refractivity contribution is 5.44. The van der Waals surface area contributed by atoms with Crippen LogP contribution in [0.5, 0.6) is 11.5 Å². The minimum Gasteiger partial charge on any atom is -0.454 e. The number of benzene rings is 1. The summed E-state index contributed by atoms with van der Waals surface area (Å²) in [6.07, 6.45) is 9.63. The van der Waals surface area contributed by atoms with Crippen LogP contribution >= 0.6 is 0 Å². The van der Waals surface area contributed by atoms with Crippen molar-refractivity contribution < 1.29 is 9.47 Å². The van der Waals surface area contributed by atoms with Gasteiger partial charge in [-0.05, 0) is 30.5 Å². The second kappa shape index (κ2) is 6.29. The molecular weight excluding hydrogens is 238 g/mol. The Kier molecular flexibility index (Phi) is 4.23. The molecule has 1 saturated carbocycles. The van der Waals surface area contributed by atoms with Gasteiger partial charge in [-0.1, -0.05) is 38.2 Å². The van der Waals surface area contributed by atoms with E-state index in [-0.39, 0.29) is 0 Å². The van der Waals surface area contributed by atoms with Gasteiger partial charge in [-0.15, -0.1) is 0 Å². The van der Waals surface area contributed by atoms with Crippen LogP contribution in [0.1, 0.15) is 50.5 Å². The molecular formula is C16H23NO2. The highest BCUT2D eigenvalue weighted by Gasteiger charge is 2.14. The van der Waals surface area contributed by atoms with Gasteiger partial charge in [0.05, 0.1) is 0 Å². The number of fused-ring (bicyclic) bond motifs is 1. The fourth-order valence-corrected chi connectivity index (χ4v) is 2.97. The SMILES string of the molecule is c1cc2c(cc1CNC1CCCCCCC1)OCO2. The molecule has 1 aromatic rings. The first kappa shape index (κ1) is 12.8. The van der Waals surface area contributed by atoms with Crippen LogP contribution in [0.2, 0.25) is 0 Å². The average Bonchev–Trinajstić information content (AvgIpc) is 2.84. The maximum absolute atomic E-state index is 5.42. The van der Waals surface area contributed by atoms with Crippen molar-refractivity contribution in [3.63, 3.8) is 0 Å². The van der Waals surface area contributed by atoms with Crippen LogP contribution in [0.15, 0.2) is 18.2 Å². The van der Waals surface area contributed by atoms with Crippen molar-refractivity contribution >= 4 is 0 Å². The Hall–Kier alpha value is -1.22. The summed E-state index contributed by atoms with van der Waals surface area (Å²) >= 11 is 0. The summed E-state index contributed by atoms with van der Waals surface area (Å²) in [4.78, 5) is 0. The van der Waals surface area contributed by atoms with Gasteiger partial charge in [0, 0.05) is 12.6 Å². The summed E-state index contributed by atoms with van der Waals surface area (Å²) in [5.41, 5.74) is 1.28. The fraction of sp³-hybridized carbons (Fsp3) is 0.625. The van der Waals surface area contributed by atoms with Gasteiger partial charge in [0.25, 0.3) is 0 Å². The molecule has 0 saturated heterocycles. The highest BCUT2D eigenvalue weighted by Crippen LogP contribution is 2.32. The minimum atomic E-state index is 0.356. The fourth-order valence-electron chi connectivity index (χ4n) is 2.97. The summed E-state index contributed by atoms with van der Waals surface area (Å²) in [6, 6.07) is 6.92. The van der Waals surface area contributed by atoms with Gasteiger partial charge < -0.3 is 14.8 Å². The lowest BCUT2D eigenvalue weighted by Crippen LogP contribution is -2.29. The van der Waals surface area contributed by atoms with Crippen LogP contribution < -0.4 is 14.8 Å². The zero-order valence-electron chi connectivity index (χ0n) is 11.5. The molecule has 0 bridgehead atoms. The third-order valence-electron chi connectivity index (χ3n) is 4.14. The van der Waals surface area contributed by atoms with Gasteiger partial charge in [-0.2, -0.15) is 0 Å². The molecule has 1 heterocycles. The summed E-state index contributed by atoms with van der Waals surface area (Å²) in [6.45, 7) is 1.29. The lowest BCUT2D eigenvalue weighted by Gasteiger charge is -2.21. The molecule has 0 amide bonds. The Labute approximate surface area is 115 Å². The zero-order chi connectivity index (χ0) is 12.9. The second-order valence-corrected chi connectivity index (χ2v) is 5.61. The van der Waals surface area contributed by atoms with E-state index >= 15 is 0 Å². The summed E-state index contributed by atoms with van der Waals surface area (Å²) < 4.78 is 10.8. The molecule has 3 heteroatoms. The molecule has 1 N–H and O–H groups in total. The van der Waals surface area contributed by atoms with Crippen LogP contribution in [-0.4, -0.2) is 12.8 Å². The molecule has 1 aromatic carbocycles. The summed E-state index contributed by atoms with van der Waals surface area (Å²) in [5.74, 6) is 1.76. The Morgan fingerprint density at radius 2 is 1.68 bits per heavy atom. The van der Waals surface area contributed by atoms with Gasteiger partial charge in [-0.3, -0.25) is 0 Å². The number of rotatable bonds is 3. The molecule has 0 unspecified atom stereocenters. The third-order valence-corrected chi connectivity index (χ3v) is 4.14. The predicted octanol–water partition coefficient (Wildman–Crippen LogP) is 3.62. The summed E-state index contributed by atoms with van der Waals surface area (Å²) in [5, 5.41) is 3.70. The van der Waals surface area contributed by atoms with E-state index < -0.39 is 0 Å². The van der Waals surface area contributed by atoms with Crippen molar-refractivity contribution in [3.05, 3.63) is 23.8 Å². The molecule has 1 fully saturated rings. The molecule has 3 nitrogen and oxygen atoms in total. The largest absolute Gasteiger partial charge is 0.454 e. The molecule has 0 spiro atoms. The van der Waals surface area contributed by atoms with Gasteiger partial charge in [0.2, 0.25) is 6.79 Å². The maximum atomic E-state index is 5.42. The van der Waals surface area contributed by atoms with Crippen LogP contribution in [0, 0.1) is 0 Å². The molecule has 19 heavy (non-hydrogen) atoms. The van der Waals surface area contributed by atoms with Crippen molar-refractivity contribution in [1.29, 1.82) is 0 Å². The first-order chi connectivity index (χ1) is 9.42. The van der Waals surface area contributed by atoms with Crippen LogP contribution in [-0.2, 0) is 6.54 Å². The van der Waals surface area contributed by atoms with Crippen molar-refractivity contribution in [2.45, 2.75) is 57.5 Å². The molecule has 2 aliphatic rings. The van der Waals surface area contributed by atoms with Gasteiger partial charge >= 0.3 is 0 Å². The van der Waals surface area contributed by atoms with E-state index in [1.807, 2.05) is 6.07 Å². The number of ether oxygens (including phenoxy) is 2. The molecule has 1 aliphatic heterocycles. The van der Waals surface area contributed by atoms with Gasteiger partial charge in [-0.25, -0.2) is 0 Å². The van der Waals surface area contributed by atoms with Gasteiger partial charge in [0.15, 0.2) is 11.5 Å². The van der Waals surface area contributed by atoms with Crippen molar-refractivity contribution in [2.75, 3.05) is 6.79 Å². The van der Waals surface area contributed by atoms with E-state index in [1.54, 1.807) is 0 Å². The Morgan fingerprint density at radius 1 is 0.947 bits per heavy atom. The Balaban J connectivity index is 1.53. The standard InChI is InChI=1S/C16H23NO2/c1-2-4-6-14(7-5-3-1)17-11-13-8-9-15-16(10-13)19-12-18-15/h8-10,14,17H,1-7,11-12H2. The van der Waals surface area contributed by atoms with Crippen LogP contribution in [0.25, 0.3) is 0 Å². The van der Waals surface area contributed by atoms with E-state index in [0.717, 1.165) is 18.0 Å². The van der Waals surface area contributed by atoms with Crippen LogP contribution in [0.3, 0.4) is 0 Å². The lowest BCUT2D eigenvalue weighted by molar-refractivity contribution is 0.174. The molecule has 0 atom stereocenters. The average molecular weight is 261 g/mol. The molecule has 0 radical (unpaired) electrons. The van der Waals surface area contributed by atoms with Crippen molar-refractivity contribution in [3.8, 4) is 11.5 Å². The van der Waals surface area contributed by atoms with E-state index in [2.05, 4.69) is 17.4 Å². The first-order valence-corrected chi connectivity index (χ1v) is 7.54. The normalized spacial score (nSPS) is 20.0. The minimum absolute atomic E-state index is 0.356. The van der Waals surface area contributed by atoms with E-state index in [1.165, 1.54) is 50.5 Å². The molecule has 3 rings (SSSR count). The number of nitrogens with one attached hydrogen (secondary N) is 1. The summed E-state index contributed by atoms with van der Waals surface area (Å²) in [7, 11) is 0. The van der Waals surface area contributed by atoms with E-state index in [0.29, 0.717) is 12.8 Å². The predicted molar refractivity (Wildman–Crippen MR) is 75.5 cm³/mol. The molecule has 0 aromatic heterocycles. The van der Waals surface area contributed by atoms with E-state index in [4.69, 9.17) is 9.47 Å². The topological polar surface area (TPSA) is 30.5 Å². The third kappa shape index (κ3) is 3.41. The number of hydrogen-bond acceptors (Lipinski definition) is 3. The van der Waals surface area contributed by atoms with Crippen molar-refractivity contribution in [2.24, 2.45) is 0 Å². The van der Waals surface area contributed by atoms with E-state index in [9.17, 15) is 0 Å². The highest BCUT2D eigenvalue weighted by atomic mass is 16.7. The molecule has 1 aliphatic carbocycles. The Bertz CT molecular complexity index is 411. The van der Waals surface area contributed by atoms with Gasteiger partial charge in [0.1, 0.15) is 0 Å². The maximum Gasteiger partial charge on any atom is 0.231 e. The van der Waals surface area contributed by atoms with Crippen molar-refractivity contribution in [1.82, 2.24) is 5.32 Å².